The molecule has 1 amide bonds. The Morgan fingerprint density at radius 2 is 1.84 bits per heavy atom. The summed E-state index contributed by atoms with van der Waals surface area (Å²) in [4.78, 5) is 16.2. The molecule has 1 heterocycles. The molecule has 8 heteroatoms. The summed E-state index contributed by atoms with van der Waals surface area (Å²) < 4.78 is 21.3. The smallest absolute Gasteiger partial charge is 0.249 e. The van der Waals surface area contributed by atoms with E-state index < -0.39 is 0 Å². The first-order valence-corrected chi connectivity index (χ1v) is 8.01. The highest BCUT2D eigenvalue weighted by atomic mass is 16.5. The van der Waals surface area contributed by atoms with Gasteiger partial charge in [0.2, 0.25) is 23.4 Å². The van der Waals surface area contributed by atoms with Gasteiger partial charge < -0.3 is 24.1 Å². The van der Waals surface area contributed by atoms with Crippen molar-refractivity contribution in [2.24, 2.45) is 5.92 Å². The zero-order chi connectivity index (χ0) is 18.0. The molecule has 0 bridgehead atoms. The number of methoxy groups -OCH3 is 3. The average Bonchev–Trinajstić information content (AvgIpc) is 3.37. The van der Waals surface area contributed by atoms with Crippen molar-refractivity contribution >= 4 is 5.91 Å². The minimum Gasteiger partial charge on any atom is -0.493 e. The number of benzene rings is 1. The van der Waals surface area contributed by atoms with E-state index in [1.54, 1.807) is 12.1 Å². The summed E-state index contributed by atoms with van der Waals surface area (Å²) in [5.41, 5.74) is 0.658. The van der Waals surface area contributed by atoms with Crippen LogP contribution in [0.3, 0.4) is 0 Å². The molecule has 0 aliphatic heterocycles. The lowest BCUT2D eigenvalue weighted by Crippen LogP contribution is -2.28. The molecule has 1 aromatic heterocycles. The summed E-state index contributed by atoms with van der Waals surface area (Å²) in [5, 5.41) is 6.87. The van der Waals surface area contributed by atoms with Crippen LogP contribution in [0.15, 0.2) is 16.7 Å². The van der Waals surface area contributed by atoms with E-state index in [0.29, 0.717) is 34.5 Å². The number of hydrogen-bond acceptors (Lipinski definition) is 7. The zero-order valence-corrected chi connectivity index (χ0v) is 14.7. The van der Waals surface area contributed by atoms with E-state index in [1.807, 2.05) is 6.92 Å². The van der Waals surface area contributed by atoms with Gasteiger partial charge in [-0.25, -0.2) is 0 Å². The molecule has 134 valence electrons. The van der Waals surface area contributed by atoms with Gasteiger partial charge in [0.05, 0.1) is 21.3 Å². The van der Waals surface area contributed by atoms with Gasteiger partial charge in [0.15, 0.2) is 11.5 Å². The van der Waals surface area contributed by atoms with Gasteiger partial charge in [-0.15, -0.1) is 0 Å². The van der Waals surface area contributed by atoms with Crippen LogP contribution in [-0.4, -0.2) is 37.4 Å². The highest BCUT2D eigenvalue weighted by Crippen LogP contribution is 2.40. The number of nitrogens with one attached hydrogen (secondary N) is 1. The Balaban J connectivity index is 1.84. The van der Waals surface area contributed by atoms with E-state index in [9.17, 15) is 4.79 Å². The van der Waals surface area contributed by atoms with Gasteiger partial charge >= 0.3 is 0 Å². The maximum absolute atomic E-state index is 11.9. The molecule has 0 spiro atoms. The summed E-state index contributed by atoms with van der Waals surface area (Å²) in [7, 11) is 4.62. The molecule has 1 aliphatic rings. The Morgan fingerprint density at radius 3 is 2.36 bits per heavy atom. The number of nitrogens with zero attached hydrogens (tertiary/aromatic N) is 2. The van der Waals surface area contributed by atoms with E-state index in [-0.39, 0.29) is 17.9 Å². The second-order valence-corrected chi connectivity index (χ2v) is 5.87. The van der Waals surface area contributed by atoms with Gasteiger partial charge in [0.25, 0.3) is 0 Å². The topological polar surface area (TPSA) is 95.7 Å². The van der Waals surface area contributed by atoms with Gasteiger partial charge in [-0.2, -0.15) is 4.98 Å². The molecule has 1 saturated carbocycles. The second kappa shape index (κ2) is 7.00. The van der Waals surface area contributed by atoms with Crippen LogP contribution in [0.25, 0.3) is 11.4 Å². The van der Waals surface area contributed by atoms with Crippen LogP contribution in [0.1, 0.15) is 31.7 Å². The Bertz CT molecular complexity index is 744. The van der Waals surface area contributed by atoms with Gasteiger partial charge in [0, 0.05) is 11.5 Å². The molecule has 0 saturated heterocycles. The van der Waals surface area contributed by atoms with Gasteiger partial charge in [-0.3, -0.25) is 4.79 Å². The van der Waals surface area contributed by atoms with E-state index >= 15 is 0 Å². The van der Waals surface area contributed by atoms with Crippen molar-refractivity contribution in [3.8, 4) is 28.6 Å². The minimum atomic E-state index is -0.351. The van der Waals surface area contributed by atoms with Crippen molar-refractivity contribution in [3.63, 3.8) is 0 Å². The predicted molar refractivity (Wildman–Crippen MR) is 88.7 cm³/mol. The fourth-order valence-corrected chi connectivity index (χ4v) is 2.48. The van der Waals surface area contributed by atoms with Crippen molar-refractivity contribution in [2.45, 2.75) is 25.8 Å². The summed E-state index contributed by atoms with van der Waals surface area (Å²) in [6, 6.07) is 3.13. The third-order valence-electron chi connectivity index (χ3n) is 4.04. The predicted octanol–water partition coefficient (Wildman–Crippen LogP) is 2.35. The molecular weight excluding hydrogens is 326 g/mol. The van der Waals surface area contributed by atoms with Crippen LogP contribution in [-0.2, 0) is 4.79 Å². The Hall–Kier alpha value is -2.77. The maximum Gasteiger partial charge on any atom is 0.249 e. The molecule has 1 N–H and O–H groups in total. The van der Waals surface area contributed by atoms with Gasteiger partial charge in [0.1, 0.15) is 6.04 Å². The third-order valence-corrected chi connectivity index (χ3v) is 4.04. The van der Waals surface area contributed by atoms with Crippen molar-refractivity contribution in [3.05, 3.63) is 18.0 Å². The van der Waals surface area contributed by atoms with Gasteiger partial charge in [-0.05, 0) is 31.9 Å². The van der Waals surface area contributed by atoms with Crippen LogP contribution in [0, 0.1) is 5.92 Å². The minimum absolute atomic E-state index is 0.0278. The first kappa shape index (κ1) is 17.1. The van der Waals surface area contributed by atoms with Crippen LogP contribution in [0.2, 0.25) is 0 Å². The standard InChI is InChI=1S/C17H21N3O5/c1-9(18-16(21)10-5-6-10)17-19-15(20-25-17)11-7-12(22-2)14(24-4)13(8-11)23-3/h7-10H,5-6H2,1-4H3,(H,18,21)/t9-/m1/s1. The van der Waals surface area contributed by atoms with E-state index in [0.717, 1.165) is 12.8 Å². The lowest BCUT2D eigenvalue weighted by molar-refractivity contribution is -0.123. The number of ether oxygens (including phenoxy) is 3. The zero-order valence-electron chi connectivity index (χ0n) is 14.7. The highest BCUT2D eigenvalue weighted by molar-refractivity contribution is 5.81. The Morgan fingerprint density at radius 1 is 1.20 bits per heavy atom. The van der Waals surface area contributed by atoms with Crippen molar-refractivity contribution < 1.29 is 23.5 Å². The fraction of sp³-hybridized carbons (Fsp3) is 0.471. The van der Waals surface area contributed by atoms with Crippen molar-refractivity contribution in [1.29, 1.82) is 0 Å². The number of hydrogen-bond donors (Lipinski definition) is 1. The molecule has 8 nitrogen and oxygen atoms in total. The largest absolute Gasteiger partial charge is 0.493 e. The van der Waals surface area contributed by atoms with Crippen LogP contribution < -0.4 is 19.5 Å². The van der Waals surface area contributed by atoms with Crippen molar-refractivity contribution in [1.82, 2.24) is 15.5 Å². The fourth-order valence-electron chi connectivity index (χ4n) is 2.48. The summed E-state index contributed by atoms with van der Waals surface area (Å²) in [6.07, 6.45) is 1.89. The molecule has 3 rings (SSSR count). The Kier molecular flexibility index (Phi) is 4.78. The number of carbonyl (C=O) groups excluding carboxylic acids is 1. The summed E-state index contributed by atoms with van der Waals surface area (Å²) in [5.74, 6) is 2.36. The lowest BCUT2D eigenvalue weighted by atomic mass is 10.1. The normalized spacial score (nSPS) is 14.7. The van der Waals surface area contributed by atoms with Gasteiger partial charge in [-0.1, -0.05) is 5.16 Å². The molecule has 1 atom stereocenters. The first-order valence-electron chi connectivity index (χ1n) is 8.01. The highest BCUT2D eigenvalue weighted by Gasteiger charge is 2.31. The number of carbonyl (C=O) groups is 1. The molecule has 25 heavy (non-hydrogen) atoms. The number of rotatable bonds is 7. The number of aromatic nitrogens is 2. The first-order chi connectivity index (χ1) is 12.1. The average molecular weight is 347 g/mol. The molecular formula is C17H21N3O5. The Labute approximate surface area is 145 Å². The summed E-state index contributed by atoms with van der Waals surface area (Å²) in [6.45, 7) is 1.81. The molecule has 0 radical (unpaired) electrons. The maximum atomic E-state index is 11.9. The molecule has 0 unspecified atom stereocenters. The van der Waals surface area contributed by atoms with Crippen LogP contribution >= 0.6 is 0 Å². The van der Waals surface area contributed by atoms with Crippen LogP contribution in [0.5, 0.6) is 17.2 Å². The van der Waals surface area contributed by atoms with E-state index in [2.05, 4.69) is 15.5 Å². The van der Waals surface area contributed by atoms with Crippen LogP contribution in [0.4, 0.5) is 0 Å². The quantitative estimate of drug-likeness (QED) is 0.821. The monoisotopic (exact) mass is 347 g/mol. The summed E-state index contributed by atoms with van der Waals surface area (Å²) >= 11 is 0. The second-order valence-electron chi connectivity index (χ2n) is 5.87. The molecule has 1 fully saturated rings. The molecule has 1 aromatic carbocycles. The SMILES string of the molecule is COc1cc(-c2noc([C@@H](C)NC(=O)C3CC3)n2)cc(OC)c1OC. The van der Waals surface area contributed by atoms with Crippen molar-refractivity contribution in [2.75, 3.05) is 21.3 Å². The number of amides is 1. The lowest BCUT2D eigenvalue weighted by Gasteiger charge is -2.12. The molecule has 1 aliphatic carbocycles. The third kappa shape index (κ3) is 3.52. The molecule has 2 aromatic rings. The van der Waals surface area contributed by atoms with E-state index in [4.69, 9.17) is 18.7 Å². The van der Waals surface area contributed by atoms with E-state index in [1.165, 1.54) is 21.3 Å².